The number of rotatable bonds is 6. The molecule has 1 aliphatic heterocycles. The molecular weight excluding hydrogens is 442 g/mol. The summed E-state index contributed by atoms with van der Waals surface area (Å²) in [5.41, 5.74) is 4.60. The summed E-state index contributed by atoms with van der Waals surface area (Å²) in [6.07, 6.45) is 5.10. The third-order valence-corrected chi connectivity index (χ3v) is 5.88. The van der Waals surface area contributed by atoms with Crippen molar-refractivity contribution in [1.29, 1.82) is 0 Å². The van der Waals surface area contributed by atoms with Crippen molar-refractivity contribution >= 4 is 34.6 Å². The number of anilines is 3. The molecule has 1 radical (unpaired) electrons. The maximum Gasteiger partial charge on any atom is 0.227 e. The molecule has 9 nitrogen and oxygen atoms in total. The first-order valence-electron chi connectivity index (χ1n) is 10.6. The summed E-state index contributed by atoms with van der Waals surface area (Å²) in [5, 5.41) is 17.4. The van der Waals surface area contributed by atoms with Crippen molar-refractivity contribution in [3.05, 3.63) is 59.5 Å². The van der Waals surface area contributed by atoms with Crippen LogP contribution in [0, 0.1) is 0 Å². The van der Waals surface area contributed by atoms with E-state index in [9.17, 15) is 5.11 Å². The molecule has 10 heteroatoms. The van der Waals surface area contributed by atoms with Gasteiger partial charge in [-0.05, 0) is 29.8 Å². The first kappa shape index (κ1) is 21.4. The molecule has 0 bridgehead atoms. The van der Waals surface area contributed by atoms with E-state index in [1.165, 1.54) is 0 Å². The number of halogens is 1. The van der Waals surface area contributed by atoms with Gasteiger partial charge in [0, 0.05) is 44.1 Å². The van der Waals surface area contributed by atoms with Crippen LogP contribution < -0.4 is 20.3 Å². The van der Waals surface area contributed by atoms with Crippen LogP contribution in [0.5, 0.6) is 5.75 Å². The van der Waals surface area contributed by atoms with Gasteiger partial charge in [0.05, 0.1) is 42.5 Å². The Bertz CT molecular complexity index is 1290. The molecule has 4 heterocycles. The van der Waals surface area contributed by atoms with Crippen LogP contribution in [-0.4, -0.2) is 57.7 Å². The number of hydrogen-bond acceptors (Lipinski definition) is 7. The Hall–Kier alpha value is -3.40. The summed E-state index contributed by atoms with van der Waals surface area (Å²) in [7, 11) is 1.64. The van der Waals surface area contributed by atoms with E-state index >= 15 is 0 Å². The molecule has 0 atom stereocenters. The Morgan fingerprint density at radius 3 is 2.76 bits per heavy atom. The summed E-state index contributed by atoms with van der Waals surface area (Å²) >= 11 is 6.44. The van der Waals surface area contributed by atoms with Crippen LogP contribution in [0.1, 0.15) is 5.56 Å². The zero-order valence-corrected chi connectivity index (χ0v) is 18.8. The first-order chi connectivity index (χ1) is 16.2. The molecule has 3 aromatic heterocycles. The van der Waals surface area contributed by atoms with Crippen molar-refractivity contribution in [3.8, 4) is 17.1 Å². The molecular formula is C23H23ClN7O2. The van der Waals surface area contributed by atoms with E-state index < -0.39 is 0 Å². The maximum atomic E-state index is 9.37. The van der Waals surface area contributed by atoms with Gasteiger partial charge < -0.3 is 20.1 Å². The number of nitrogens with one attached hydrogen (secondary N) is 1. The minimum Gasteiger partial charge on any atom is -0.494 e. The molecule has 2 N–H and O–H groups in total. The van der Waals surface area contributed by atoms with E-state index in [1.807, 2.05) is 34.9 Å². The van der Waals surface area contributed by atoms with Crippen molar-refractivity contribution in [3.63, 3.8) is 0 Å². The lowest BCUT2D eigenvalue weighted by Crippen LogP contribution is -2.40. The number of aliphatic hydroxyl groups is 1. The molecule has 33 heavy (non-hydrogen) atoms. The fourth-order valence-electron chi connectivity index (χ4n) is 3.87. The number of piperazine rings is 1. The normalized spacial score (nSPS) is 14.0. The number of ether oxygens (including phenoxy) is 1. The standard InChI is InChI=1S/C23H23ClN7O2/c1-33-20-11-16(30-8-5-25-6-9-30)2-3-18(20)28-23-27-12-17(24)22(29-23)19-13-26-21-10-15(14-32)4-7-31(19)21/h2-4,7,10-13,32H,5-6,8-9,14H2,1H3,(H,27,28,29). The SMILES string of the molecule is COc1cc(N2CC[N]CC2)ccc1Nc1ncc(Cl)c(-c2cnc3cc(CO)ccn23)n1. The van der Waals surface area contributed by atoms with Crippen LogP contribution in [0.25, 0.3) is 17.0 Å². The predicted molar refractivity (Wildman–Crippen MR) is 128 cm³/mol. The Labute approximate surface area is 196 Å². The Balaban J connectivity index is 1.45. The topological polar surface area (TPSA) is 102 Å². The van der Waals surface area contributed by atoms with Gasteiger partial charge in [-0.3, -0.25) is 4.40 Å². The molecule has 1 saturated heterocycles. The number of fused-ring (bicyclic) bond motifs is 1. The average Bonchev–Trinajstić information content (AvgIpc) is 3.29. The Morgan fingerprint density at radius 2 is 1.97 bits per heavy atom. The fourth-order valence-corrected chi connectivity index (χ4v) is 4.06. The number of aromatic nitrogens is 4. The minimum absolute atomic E-state index is 0.0469. The number of imidazole rings is 1. The second-order valence-corrected chi connectivity index (χ2v) is 8.03. The summed E-state index contributed by atoms with van der Waals surface area (Å²) in [4.78, 5) is 15.7. The molecule has 1 aromatic carbocycles. The lowest BCUT2D eigenvalue weighted by molar-refractivity contribution is 0.282. The molecule has 5 rings (SSSR count). The number of benzene rings is 1. The van der Waals surface area contributed by atoms with Gasteiger partial charge in [-0.15, -0.1) is 0 Å². The van der Waals surface area contributed by atoms with Gasteiger partial charge >= 0.3 is 0 Å². The van der Waals surface area contributed by atoms with Crippen LogP contribution in [0.4, 0.5) is 17.3 Å². The van der Waals surface area contributed by atoms with Crippen LogP contribution in [-0.2, 0) is 6.61 Å². The monoisotopic (exact) mass is 464 g/mol. The minimum atomic E-state index is -0.0469. The Morgan fingerprint density at radius 1 is 1.12 bits per heavy atom. The summed E-state index contributed by atoms with van der Waals surface area (Å²) in [6, 6.07) is 9.67. The average molecular weight is 465 g/mol. The van der Waals surface area contributed by atoms with Crippen LogP contribution in [0.15, 0.2) is 48.9 Å². The molecule has 0 unspecified atom stereocenters. The van der Waals surface area contributed by atoms with Gasteiger partial charge in [-0.1, -0.05) is 11.6 Å². The number of aliphatic hydroxyl groups excluding tert-OH is 1. The number of pyridine rings is 1. The summed E-state index contributed by atoms with van der Waals surface area (Å²) in [6.45, 7) is 3.44. The Kier molecular flexibility index (Phi) is 5.99. The van der Waals surface area contributed by atoms with E-state index in [2.05, 4.69) is 36.6 Å². The lowest BCUT2D eigenvalue weighted by Gasteiger charge is -2.29. The van der Waals surface area contributed by atoms with Crippen molar-refractivity contribution in [1.82, 2.24) is 24.7 Å². The maximum absolute atomic E-state index is 9.37. The fraction of sp³-hybridized carbons (Fsp3) is 0.261. The zero-order chi connectivity index (χ0) is 22.8. The van der Waals surface area contributed by atoms with Gasteiger partial charge in [-0.2, -0.15) is 0 Å². The predicted octanol–water partition coefficient (Wildman–Crippen LogP) is 3.11. The molecule has 1 aliphatic rings. The molecule has 0 aliphatic carbocycles. The van der Waals surface area contributed by atoms with Crippen molar-refractivity contribution in [2.24, 2.45) is 0 Å². The highest BCUT2D eigenvalue weighted by molar-refractivity contribution is 6.32. The third kappa shape index (κ3) is 4.30. The van der Waals surface area contributed by atoms with Crippen molar-refractivity contribution < 1.29 is 9.84 Å². The van der Waals surface area contributed by atoms with Crippen molar-refractivity contribution in [2.75, 3.05) is 43.5 Å². The quantitative estimate of drug-likeness (QED) is 0.452. The summed E-state index contributed by atoms with van der Waals surface area (Å²) < 4.78 is 7.50. The molecule has 169 valence electrons. The first-order valence-corrected chi connectivity index (χ1v) is 11.0. The second-order valence-electron chi connectivity index (χ2n) is 7.62. The highest BCUT2D eigenvalue weighted by Gasteiger charge is 2.16. The zero-order valence-electron chi connectivity index (χ0n) is 18.1. The van der Waals surface area contributed by atoms with Crippen molar-refractivity contribution in [2.45, 2.75) is 6.61 Å². The molecule has 0 amide bonds. The van der Waals surface area contributed by atoms with Gasteiger partial charge in [0.2, 0.25) is 5.95 Å². The highest BCUT2D eigenvalue weighted by atomic mass is 35.5. The highest BCUT2D eigenvalue weighted by Crippen LogP contribution is 2.33. The largest absolute Gasteiger partial charge is 0.494 e. The van der Waals surface area contributed by atoms with Gasteiger partial charge in [-0.25, -0.2) is 20.3 Å². The summed E-state index contributed by atoms with van der Waals surface area (Å²) in [5.74, 6) is 1.08. The lowest BCUT2D eigenvalue weighted by atomic mass is 10.2. The molecule has 1 fully saturated rings. The van der Waals surface area contributed by atoms with E-state index in [-0.39, 0.29) is 6.61 Å². The van der Waals surface area contributed by atoms with Crippen LogP contribution in [0.2, 0.25) is 5.02 Å². The number of nitrogens with zero attached hydrogens (tertiary/aromatic N) is 6. The van der Waals surface area contributed by atoms with Gasteiger partial charge in [0.25, 0.3) is 0 Å². The van der Waals surface area contributed by atoms with Gasteiger partial charge in [0.15, 0.2) is 0 Å². The van der Waals surface area contributed by atoms with Gasteiger partial charge in [0.1, 0.15) is 17.1 Å². The molecule has 0 spiro atoms. The van der Waals surface area contributed by atoms with E-state index in [1.54, 1.807) is 19.5 Å². The second kappa shape index (κ2) is 9.22. The number of hydrogen-bond donors (Lipinski definition) is 2. The smallest absolute Gasteiger partial charge is 0.227 e. The van der Waals surface area contributed by atoms with Crippen LogP contribution in [0.3, 0.4) is 0 Å². The molecule has 4 aromatic rings. The van der Waals surface area contributed by atoms with E-state index in [0.29, 0.717) is 28.1 Å². The van der Waals surface area contributed by atoms with E-state index in [0.717, 1.165) is 48.8 Å². The van der Waals surface area contributed by atoms with E-state index in [4.69, 9.17) is 16.3 Å². The molecule has 0 saturated carbocycles. The number of methoxy groups -OCH3 is 1. The van der Waals surface area contributed by atoms with Crippen LogP contribution >= 0.6 is 11.6 Å². The third-order valence-electron chi connectivity index (χ3n) is 5.60.